The minimum Gasteiger partial charge on any atom is -0.495 e. The number of amides is 2. The molecule has 2 N–H and O–H groups in total. The van der Waals surface area contributed by atoms with Crippen LogP contribution in [0.25, 0.3) is 0 Å². The number of benzene rings is 2. The molecule has 0 fully saturated rings. The van der Waals surface area contributed by atoms with Gasteiger partial charge in [0.2, 0.25) is 0 Å². The molecule has 1 heterocycles. The van der Waals surface area contributed by atoms with E-state index in [1.165, 1.54) is 0 Å². The van der Waals surface area contributed by atoms with Crippen LogP contribution in [0.4, 0.5) is 16.3 Å². The van der Waals surface area contributed by atoms with Gasteiger partial charge in [-0.3, -0.25) is 10.00 Å². The third kappa shape index (κ3) is 3.92. The normalized spacial score (nSPS) is 10.2. The number of aromatic nitrogens is 2. The minimum absolute atomic E-state index is 0.371. The van der Waals surface area contributed by atoms with Crippen LogP contribution in [0.5, 0.6) is 5.75 Å². The molecule has 122 valence electrons. The number of carbonyl (C=O) groups is 1. The Labute approximate surface area is 140 Å². The average Bonchev–Trinajstić information content (AvgIpc) is 3.03. The number of nitrogens with zero attached hydrogens (tertiary/aromatic N) is 2. The van der Waals surface area contributed by atoms with Gasteiger partial charge in [0, 0.05) is 12.3 Å². The van der Waals surface area contributed by atoms with Crippen molar-refractivity contribution in [3.63, 3.8) is 0 Å². The van der Waals surface area contributed by atoms with Crippen molar-refractivity contribution >= 4 is 17.5 Å². The van der Waals surface area contributed by atoms with E-state index < -0.39 is 0 Å². The Balaban J connectivity index is 1.61. The summed E-state index contributed by atoms with van der Waals surface area (Å²) < 4.78 is 6.98. The van der Waals surface area contributed by atoms with E-state index in [0.29, 0.717) is 23.8 Å². The Hall–Kier alpha value is -3.28. The van der Waals surface area contributed by atoms with Gasteiger partial charge in [0.15, 0.2) is 5.82 Å². The second kappa shape index (κ2) is 7.32. The van der Waals surface area contributed by atoms with Crippen LogP contribution >= 0.6 is 0 Å². The minimum atomic E-state index is -0.371. The highest BCUT2D eigenvalue weighted by atomic mass is 16.5. The highest BCUT2D eigenvalue weighted by Crippen LogP contribution is 2.23. The molecule has 0 spiro atoms. The SMILES string of the molecule is COc1ccccc1NC(=O)Nc1ccn(Cc2ccccc2)n1. The summed E-state index contributed by atoms with van der Waals surface area (Å²) in [7, 11) is 1.56. The van der Waals surface area contributed by atoms with Gasteiger partial charge in [-0.15, -0.1) is 0 Å². The van der Waals surface area contributed by atoms with Crippen molar-refractivity contribution < 1.29 is 9.53 Å². The standard InChI is InChI=1S/C18H18N4O2/c1-24-16-10-6-5-9-15(16)19-18(23)20-17-11-12-22(21-17)13-14-7-3-2-4-8-14/h2-12H,13H2,1H3,(H2,19,20,21,23). The van der Waals surface area contributed by atoms with E-state index in [-0.39, 0.29) is 6.03 Å². The first-order chi connectivity index (χ1) is 11.7. The molecule has 2 amide bonds. The number of para-hydroxylation sites is 2. The van der Waals surface area contributed by atoms with Crippen LogP contribution in [-0.4, -0.2) is 22.9 Å². The second-order valence-corrected chi connectivity index (χ2v) is 5.16. The van der Waals surface area contributed by atoms with Gasteiger partial charge in [-0.25, -0.2) is 4.79 Å². The molecular weight excluding hydrogens is 304 g/mol. The highest BCUT2D eigenvalue weighted by Gasteiger charge is 2.08. The van der Waals surface area contributed by atoms with E-state index in [1.807, 2.05) is 48.7 Å². The third-order valence-electron chi connectivity index (χ3n) is 3.42. The first kappa shape index (κ1) is 15.6. The number of methoxy groups -OCH3 is 1. The zero-order chi connectivity index (χ0) is 16.8. The van der Waals surface area contributed by atoms with Crippen molar-refractivity contribution in [2.75, 3.05) is 17.7 Å². The van der Waals surface area contributed by atoms with Crippen LogP contribution < -0.4 is 15.4 Å². The molecule has 0 atom stereocenters. The van der Waals surface area contributed by atoms with Crippen LogP contribution in [0.1, 0.15) is 5.56 Å². The molecular formula is C18H18N4O2. The maximum absolute atomic E-state index is 12.1. The smallest absolute Gasteiger partial charge is 0.325 e. The Kier molecular flexibility index (Phi) is 4.76. The zero-order valence-electron chi connectivity index (χ0n) is 13.3. The predicted molar refractivity (Wildman–Crippen MR) is 93.4 cm³/mol. The molecule has 0 aliphatic heterocycles. The van der Waals surface area contributed by atoms with Gasteiger partial charge >= 0.3 is 6.03 Å². The first-order valence-corrected chi connectivity index (χ1v) is 7.53. The Morgan fingerprint density at radius 2 is 1.79 bits per heavy atom. The van der Waals surface area contributed by atoms with Crippen LogP contribution in [0.2, 0.25) is 0 Å². The lowest BCUT2D eigenvalue weighted by Crippen LogP contribution is -2.20. The molecule has 0 aliphatic carbocycles. The van der Waals surface area contributed by atoms with Crippen molar-refractivity contribution in [2.24, 2.45) is 0 Å². The van der Waals surface area contributed by atoms with Gasteiger partial charge in [-0.2, -0.15) is 5.10 Å². The van der Waals surface area contributed by atoms with Crippen LogP contribution in [-0.2, 0) is 6.54 Å². The number of ether oxygens (including phenoxy) is 1. The van der Waals surface area contributed by atoms with E-state index in [1.54, 1.807) is 30.0 Å². The van der Waals surface area contributed by atoms with Gasteiger partial charge in [-0.1, -0.05) is 42.5 Å². The molecule has 24 heavy (non-hydrogen) atoms. The van der Waals surface area contributed by atoms with Gasteiger partial charge in [0.25, 0.3) is 0 Å². The van der Waals surface area contributed by atoms with Crippen molar-refractivity contribution in [1.82, 2.24) is 9.78 Å². The number of rotatable bonds is 5. The lowest BCUT2D eigenvalue weighted by atomic mass is 10.2. The van der Waals surface area contributed by atoms with E-state index in [4.69, 9.17) is 4.74 Å². The fraction of sp³-hybridized carbons (Fsp3) is 0.111. The number of urea groups is 1. The fourth-order valence-electron chi connectivity index (χ4n) is 2.30. The summed E-state index contributed by atoms with van der Waals surface area (Å²) in [6, 6.07) is 18.6. The highest BCUT2D eigenvalue weighted by molar-refractivity contribution is 6.00. The summed E-state index contributed by atoms with van der Waals surface area (Å²) >= 11 is 0. The van der Waals surface area contributed by atoms with E-state index >= 15 is 0 Å². The number of carbonyl (C=O) groups excluding carboxylic acids is 1. The summed E-state index contributed by atoms with van der Waals surface area (Å²) in [5.41, 5.74) is 1.74. The van der Waals surface area contributed by atoms with E-state index in [9.17, 15) is 4.79 Å². The quantitative estimate of drug-likeness (QED) is 0.754. The molecule has 1 aromatic heterocycles. The topological polar surface area (TPSA) is 68.2 Å². The molecule has 0 radical (unpaired) electrons. The monoisotopic (exact) mass is 322 g/mol. The molecule has 0 saturated heterocycles. The maximum Gasteiger partial charge on any atom is 0.325 e. The van der Waals surface area contributed by atoms with Crippen molar-refractivity contribution in [3.05, 3.63) is 72.4 Å². The fourth-order valence-corrected chi connectivity index (χ4v) is 2.30. The maximum atomic E-state index is 12.1. The summed E-state index contributed by atoms with van der Waals surface area (Å²) in [4.78, 5) is 12.1. The van der Waals surface area contributed by atoms with Crippen LogP contribution in [0.3, 0.4) is 0 Å². The lowest BCUT2D eigenvalue weighted by Gasteiger charge is -2.09. The number of nitrogens with one attached hydrogen (secondary N) is 2. The first-order valence-electron chi connectivity index (χ1n) is 7.53. The van der Waals surface area contributed by atoms with Crippen molar-refractivity contribution in [2.45, 2.75) is 6.54 Å². The summed E-state index contributed by atoms with van der Waals surface area (Å²) in [6.45, 7) is 0.649. The van der Waals surface area contributed by atoms with Gasteiger partial charge < -0.3 is 10.1 Å². The van der Waals surface area contributed by atoms with Gasteiger partial charge in [-0.05, 0) is 17.7 Å². The summed E-state index contributed by atoms with van der Waals surface area (Å²) in [5, 5.41) is 9.80. The Morgan fingerprint density at radius 3 is 2.58 bits per heavy atom. The van der Waals surface area contributed by atoms with E-state index in [0.717, 1.165) is 5.56 Å². The molecule has 0 bridgehead atoms. The number of hydrogen-bond donors (Lipinski definition) is 2. The van der Waals surface area contributed by atoms with Crippen molar-refractivity contribution in [1.29, 1.82) is 0 Å². The van der Waals surface area contributed by atoms with Crippen molar-refractivity contribution in [3.8, 4) is 5.75 Å². The Bertz CT molecular complexity index is 815. The molecule has 3 aromatic rings. The van der Waals surface area contributed by atoms with Crippen LogP contribution in [0.15, 0.2) is 66.9 Å². The van der Waals surface area contributed by atoms with E-state index in [2.05, 4.69) is 15.7 Å². The summed E-state index contributed by atoms with van der Waals surface area (Å²) in [6.07, 6.45) is 1.83. The van der Waals surface area contributed by atoms with Gasteiger partial charge in [0.05, 0.1) is 19.3 Å². The summed E-state index contributed by atoms with van der Waals surface area (Å²) in [5.74, 6) is 1.08. The third-order valence-corrected chi connectivity index (χ3v) is 3.42. The molecule has 6 heteroatoms. The second-order valence-electron chi connectivity index (χ2n) is 5.16. The lowest BCUT2D eigenvalue weighted by molar-refractivity contribution is 0.262. The average molecular weight is 322 g/mol. The molecule has 0 aliphatic rings. The predicted octanol–water partition coefficient (Wildman–Crippen LogP) is 3.58. The molecule has 0 saturated carbocycles. The van der Waals surface area contributed by atoms with Crippen LogP contribution in [0, 0.1) is 0 Å². The zero-order valence-corrected chi connectivity index (χ0v) is 13.3. The molecule has 2 aromatic carbocycles. The van der Waals surface area contributed by atoms with Gasteiger partial charge in [0.1, 0.15) is 5.75 Å². The molecule has 0 unspecified atom stereocenters. The largest absolute Gasteiger partial charge is 0.495 e. The molecule has 6 nitrogen and oxygen atoms in total. The number of anilines is 2. The Morgan fingerprint density at radius 1 is 1.04 bits per heavy atom. The number of hydrogen-bond acceptors (Lipinski definition) is 3. The molecule has 3 rings (SSSR count).